The van der Waals surface area contributed by atoms with Crippen LogP contribution in [0.5, 0.6) is 0 Å². The maximum absolute atomic E-state index is 12.4. The molecule has 0 aromatic heterocycles. The fourth-order valence-electron chi connectivity index (χ4n) is 3.26. The summed E-state index contributed by atoms with van der Waals surface area (Å²) in [5.41, 5.74) is 2.95. The van der Waals surface area contributed by atoms with E-state index >= 15 is 0 Å². The Kier molecular flexibility index (Phi) is 13.6. The zero-order valence-electron chi connectivity index (χ0n) is 19.3. The molecular formula is C24H40N2O4. The SMILES string of the molecule is CCCCCCCCCOC(=O)OCCN(CC)CC(=O)Nc1c(C)cccc1C. The summed E-state index contributed by atoms with van der Waals surface area (Å²) in [5, 5.41) is 2.99. The quantitative estimate of drug-likeness (QED) is 0.301. The lowest BCUT2D eigenvalue weighted by Gasteiger charge is -2.20. The van der Waals surface area contributed by atoms with Crippen molar-refractivity contribution in [3.63, 3.8) is 0 Å². The minimum Gasteiger partial charge on any atom is -0.434 e. The first kappa shape index (κ1) is 26.0. The Morgan fingerprint density at radius 2 is 1.50 bits per heavy atom. The molecule has 1 rings (SSSR count). The van der Waals surface area contributed by atoms with Crippen LogP contribution in [-0.2, 0) is 14.3 Å². The monoisotopic (exact) mass is 420 g/mol. The van der Waals surface area contributed by atoms with E-state index in [1.807, 2.05) is 43.9 Å². The first-order valence-electron chi connectivity index (χ1n) is 11.4. The molecule has 0 saturated heterocycles. The maximum atomic E-state index is 12.4. The van der Waals surface area contributed by atoms with E-state index in [9.17, 15) is 9.59 Å². The molecule has 0 spiro atoms. The van der Waals surface area contributed by atoms with E-state index in [1.165, 1.54) is 32.1 Å². The van der Waals surface area contributed by atoms with E-state index in [0.29, 0.717) is 19.7 Å². The van der Waals surface area contributed by atoms with Crippen molar-refractivity contribution in [2.24, 2.45) is 0 Å². The van der Waals surface area contributed by atoms with Crippen LogP contribution in [0.1, 0.15) is 69.9 Å². The summed E-state index contributed by atoms with van der Waals surface area (Å²) in [6.07, 6.45) is 7.60. The Morgan fingerprint density at radius 3 is 2.13 bits per heavy atom. The van der Waals surface area contributed by atoms with Gasteiger partial charge in [-0.1, -0.05) is 70.6 Å². The lowest BCUT2D eigenvalue weighted by atomic mass is 10.1. The second kappa shape index (κ2) is 15.7. The molecule has 1 aromatic rings. The van der Waals surface area contributed by atoms with Crippen LogP contribution in [0.25, 0.3) is 0 Å². The number of aryl methyl sites for hydroxylation is 2. The summed E-state index contributed by atoms with van der Waals surface area (Å²) in [4.78, 5) is 26.0. The Hall–Kier alpha value is -2.08. The fourth-order valence-corrected chi connectivity index (χ4v) is 3.26. The molecule has 0 aliphatic heterocycles. The van der Waals surface area contributed by atoms with Crippen LogP contribution < -0.4 is 5.32 Å². The summed E-state index contributed by atoms with van der Waals surface area (Å²) in [6, 6.07) is 5.93. The van der Waals surface area contributed by atoms with Crippen LogP contribution in [0, 0.1) is 13.8 Å². The molecule has 0 bridgehead atoms. The Bertz CT molecular complexity index is 613. The van der Waals surface area contributed by atoms with E-state index in [2.05, 4.69) is 12.2 Å². The average molecular weight is 421 g/mol. The van der Waals surface area contributed by atoms with Gasteiger partial charge in [0.05, 0.1) is 13.2 Å². The number of rotatable bonds is 15. The summed E-state index contributed by atoms with van der Waals surface area (Å²) in [5.74, 6) is -0.0734. The Labute approximate surface area is 182 Å². The average Bonchev–Trinajstić information content (AvgIpc) is 2.72. The summed E-state index contributed by atoms with van der Waals surface area (Å²) < 4.78 is 10.3. The molecule has 0 unspecified atom stereocenters. The molecule has 0 radical (unpaired) electrons. The predicted octanol–water partition coefficient (Wildman–Crippen LogP) is 5.47. The van der Waals surface area contributed by atoms with Crippen molar-refractivity contribution in [1.29, 1.82) is 0 Å². The highest BCUT2D eigenvalue weighted by Gasteiger charge is 2.13. The van der Waals surface area contributed by atoms with Crippen LogP contribution in [0.15, 0.2) is 18.2 Å². The van der Waals surface area contributed by atoms with Gasteiger partial charge in [0.2, 0.25) is 5.91 Å². The van der Waals surface area contributed by atoms with E-state index in [-0.39, 0.29) is 19.1 Å². The van der Waals surface area contributed by atoms with E-state index in [1.54, 1.807) is 0 Å². The molecule has 0 heterocycles. The van der Waals surface area contributed by atoms with Crippen molar-refractivity contribution in [2.45, 2.75) is 72.6 Å². The highest BCUT2D eigenvalue weighted by Crippen LogP contribution is 2.19. The number of amides is 1. The number of benzene rings is 1. The summed E-state index contributed by atoms with van der Waals surface area (Å²) in [7, 11) is 0. The number of carbonyl (C=O) groups excluding carboxylic acids is 2. The smallest absolute Gasteiger partial charge is 0.434 e. The minimum absolute atomic E-state index is 0.0734. The van der Waals surface area contributed by atoms with Gasteiger partial charge in [0, 0.05) is 12.2 Å². The molecular weight excluding hydrogens is 380 g/mol. The maximum Gasteiger partial charge on any atom is 0.508 e. The zero-order valence-corrected chi connectivity index (χ0v) is 19.3. The van der Waals surface area contributed by atoms with Crippen LogP contribution >= 0.6 is 0 Å². The Balaban J connectivity index is 2.18. The molecule has 170 valence electrons. The second-order valence-corrected chi connectivity index (χ2v) is 7.75. The number of hydrogen-bond donors (Lipinski definition) is 1. The van der Waals surface area contributed by atoms with Crippen molar-refractivity contribution in [1.82, 2.24) is 4.90 Å². The molecule has 6 heteroatoms. The third-order valence-corrected chi connectivity index (χ3v) is 5.16. The van der Waals surface area contributed by atoms with E-state index < -0.39 is 6.16 Å². The van der Waals surface area contributed by atoms with Crippen LogP contribution in [0.3, 0.4) is 0 Å². The van der Waals surface area contributed by atoms with Crippen LogP contribution in [-0.4, -0.2) is 49.8 Å². The molecule has 30 heavy (non-hydrogen) atoms. The second-order valence-electron chi connectivity index (χ2n) is 7.75. The molecule has 0 saturated carbocycles. The highest BCUT2D eigenvalue weighted by molar-refractivity contribution is 5.93. The fraction of sp³-hybridized carbons (Fsp3) is 0.667. The summed E-state index contributed by atoms with van der Waals surface area (Å²) in [6.45, 7) is 10.2. The number of unbranched alkanes of at least 4 members (excludes halogenated alkanes) is 6. The number of nitrogens with one attached hydrogen (secondary N) is 1. The van der Waals surface area contributed by atoms with Gasteiger partial charge in [0.25, 0.3) is 0 Å². The number of para-hydroxylation sites is 1. The lowest BCUT2D eigenvalue weighted by molar-refractivity contribution is -0.117. The number of anilines is 1. The summed E-state index contributed by atoms with van der Waals surface area (Å²) >= 11 is 0. The van der Waals surface area contributed by atoms with Gasteiger partial charge in [-0.05, 0) is 37.9 Å². The zero-order chi connectivity index (χ0) is 22.2. The third-order valence-electron chi connectivity index (χ3n) is 5.16. The van der Waals surface area contributed by atoms with Gasteiger partial charge in [0.1, 0.15) is 6.61 Å². The minimum atomic E-state index is -0.628. The van der Waals surface area contributed by atoms with Crippen LogP contribution in [0.4, 0.5) is 10.5 Å². The number of hydrogen-bond acceptors (Lipinski definition) is 5. The highest BCUT2D eigenvalue weighted by atomic mass is 16.7. The van der Waals surface area contributed by atoms with Gasteiger partial charge >= 0.3 is 6.16 Å². The topological polar surface area (TPSA) is 67.9 Å². The number of nitrogens with zero attached hydrogens (tertiary/aromatic N) is 1. The molecule has 6 nitrogen and oxygen atoms in total. The van der Waals surface area contributed by atoms with E-state index in [0.717, 1.165) is 29.7 Å². The first-order valence-corrected chi connectivity index (χ1v) is 11.4. The van der Waals surface area contributed by atoms with Gasteiger partial charge in [-0.3, -0.25) is 9.69 Å². The van der Waals surface area contributed by atoms with Crippen molar-refractivity contribution in [3.05, 3.63) is 29.3 Å². The van der Waals surface area contributed by atoms with Crippen LogP contribution in [0.2, 0.25) is 0 Å². The molecule has 0 aliphatic carbocycles. The predicted molar refractivity (Wildman–Crippen MR) is 122 cm³/mol. The molecule has 1 aromatic carbocycles. The molecule has 1 N–H and O–H groups in total. The van der Waals surface area contributed by atoms with Gasteiger partial charge in [-0.2, -0.15) is 0 Å². The van der Waals surface area contributed by atoms with Crippen molar-refractivity contribution in [3.8, 4) is 0 Å². The third kappa shape index (κ3) is 11.2. The number of carbonyl (C=O) groups is 2. The van der Waals surface area contributed by atoms with Crippen molar-refractivity contribution < 1.29 is 19.1 Å². The van der Waals surface area contributed by atoms with E-state index in [4.69, 9.17) is 9.47 Å². The molecule has 0 atom stereocenters. The van der Waals surface area contributed by atoms with Gasteiger partial charge in [-0.25, -0.2) is 4.79 Å². The van der Waals surface area contributed by atoms with Crippen molar-refractivity contribution >= 4 is 17.7 Å². The first-order chi connectivity index (χ1) is 14.5. The van der Waals surface area contributed by atoms with Gasteiger partial charge in [-0.15, -0.1) is 0 Å². The molecule has 0 aliphatic rings. The van der Waals surface area contributed by atoms with Gasteiger partial charge in [0.15, 0.2) is 0 Å². The lowest BCUT2D eigenvalue weighted by Crippen LogP contribution is -2.36. The van der Waals surface area contributed by atoms with Crippen molar-refractivity contribution in [2.75, 3.05) is 38.2 Å². The standard InChI is InChI=1S/C24H40N2O4/c1-5-7-8-9-10-11-12-17-29-24(28)30-18-16-26(6-2)19-22(27)25-23-20(3)14-13-15-21(23)4/h13-15H,5-12,16-19H2,1-4H3,(H,25,27). The normalized spacial score (nSPS) is 10.8. The molecule has 0 fully saturated rings. The molecule has 1 amide bonds. The van der Waals surface area contributed by atoms with Gasteiger partial charge < -0.3 is 14.8 Å². The largest absolute Gasteiger partial charge is 0.508 e. The number of likely N-dealkylation sites (N-methyl/N-ethyl adjacent to an activating group) is 1. The number of ether oxygens (including phenoxy) is 2. The Morgan fingerprint density at radius 1 is 0.900 bits per heavy atom.